The standard InChI is InChI=1S/C20H21ClF3NO3/c1-3-12(11-18(26)27)13-4-9-16(19(28-2)20(22,23)24)17(10-13)25-15-7-5-14(21)6-8-15/h4-10,12,19,25H,3,11H2,1-2H3,(H,26,27)/t12?,19-/m0/s1. The first-order chi connectivity index (χ1) is 13.2. The molecular formula is C20H21ClF3NO3. The largest absolute Gasteiger partial charge is 0.481 e. The maximum Gasteiger partial charge on any atom is 0.418 e. The van der Waals surface area contributed by atoms with Gasteiger partial charge in [0.15, 0.2) is 6.10 Å². The van der Waals surface area contributed by atoms with E-state index < -0.39 is 18.2 Å². The number of carboxylic acids is 1. The van der Waals surface area contributed by atoms with Crippen molar-refractivity contribution in [2.45, 2.75) is 38.0 Å². The molecule has 2 atom stereocenters. The van der Waals surface area contributed by atoms with Crippen LogP contribution in [0.2, 0.25) is 5.02 Å². The van der Waals surface area contributed by atoms with E-state index in [1.165, 1.54) is 12.1 Å². The zero-order chi connectivity index (χ0) is 20.9. The van der Waals surface area contributed by atoms with Crippen LogP contribution < -0.4 is 5.32 Å². The van der Waals surface area contributed by atoms with Gasteiger partial charge in [0.05, 0.1) is 6.42 Å². The van der Waals surface area contributed by atoms with Gasteiger partial charge in [-0.05, 0) is 48.2 Å². The third-order valence-electron chi connectivity index (χ3n) is 4.40. The number of halogens is 4. The lowest BCUT2D eigenvalue weighted by Gasteiger charge is -2.24. The molecule has 1 unspecified atom stereocenters. The molecule has 8 heteroatoms. The van der Waals surface area contributed by atoms with Crippen molar-refractivity contribution in [2.75, 3.05) is 12.4 Å². The predicted octanol–water partition coefficient (Wildman–Crippen LogP) is 6.30. The molecule has 0 radical (unpaired) electrons. The van der Waals surface area contributed by atoms with Gasteiger partial charge in [-0.2, -0.15) is 13.2 Å². The molecule has 0 aliphatic carbocycles. The number of methoxy groups -OCH3 is 1. The summed E-state index contributed by atoms with van der Waals surface area (Å²) in [5.74, 6) is -1.28. The monoisotopic (exact) mass is 415 g/mol. The van der Waals surface area contributed by atoms with Crippen LogP contribution in [0.25, 0.3) is 0 Å². The lowest BCUT2D eigenvalue weighted by atomic mass is 9.91. The molecule has 2 aromatic carbocycles. The maximum absolute atomic E-state index is 13.4. The van der Waals surface area contributed by atoms with Crippen molar-refractivity contribution in [3.63, 3.8) is 0 Å². The first kappa shape index (κ1) is 22.0. The number of hydrogen-bond acceptors (Lipinski definition) is 3. The minimum absolute atomic E-state index is 0.0844. The number of aliphatic carboxylic acids is 1. The van der Waals surface area contributed by atoms with Crippen molar-refractivity contribution in [1.82, 2.24) is 0 Å². The molecular weight excluding hydrogens is 395 g/mol. The molecule has 2 N–H and O–H groups in total. The number of nitrogens with one attached hydrogen (secondary N) is 1. The predicted molar refractivity (Wildman–Crippen MR) is 102 cm³/mol. The quantitative estimate of drug-likeness (QED) is 0.531. The van der Waals surface area contributed by atoms with Gasteiger partial charge in [-0.3, -0.25) is 4.79 Å². The highest BCUT2D eigenvalue weighted by atomic mass is 35.5. The van der Waals surface area contributed by atoms with Gasteiger partial charge < -0.3 is 15.2 Å². The number of anilines is 2. The maximum atomic E-state index is 13.4. The van der Waals surface area contributed by atoms with Crippen LogP contribution in [0, 0.1) is 0 Å². The Balaban J connectivity index is 2.51. The van der Waals surface area contributed by atoms with Crippen LogP contribution in [0.3, 0.4) is 0 Å². The summed E-state index contributed by atoms with van der Waals surface area (Å²) in [4.78, 5) is 11.1. The molecule has 2 aromatic rings. The summed E-state index contributed by atoms with van der Waals surface area (Å²) in [6.45, 7) is 1.83. The Hall–Kier alpha value is -2.25. The number of hydrogen-bond donors (Lipinski definition) is 2. The molecule has 4 nitrogen and oxygen atoms in total. The molecule has 0 heterocycles. The number of ether oxygens (including phenoxy) is 1. The summed E-state index contributed by atoms with van der Waals surface area (Å²) in [5.41, 5.74) is 1.31. The zero-order valence-electron chi connectivity index (χ0n) is 15.4. The van der Waals surface area contributed by atoms with Crippen LogP contribution in [0.5, 0.6) is 0 Å². The summed E-state index contributed by atoms with van der Waals surface area (Å²) in [7, 11) is 0.997. The highest BCUT2D eigenvalue weighted by Crippen LogP contribution is 2.41. The minimum atomic E-state index is -4.60. The van der Waals surface area contributed by atoms with Crippen molar-refractivity contribution in [2.24, 2.45) is 0 Å². The lowest BCUT2D eigenvalue weighted by molar-refractivity contribution is -0.215. The van der Waals surface area contributed by atoms with E-state index in [0.717, 1.165) is 7.11 Å². The van der Waals surface area contributed by atoms with Gasteiger partial charge in [-0.15, -0.1) is 0 Å². The first-order valence-electron chi connectivity index (χ1n) is 8.63. The van der Waals surface area contributed by atoms with E-state index in [-0.39, 0.29) is 23.6 Å². The second kappa shape index (κ2) is 9.30. The number of alkyl halides is 3. The van der Waals surface area contributed by atoms with E-state index in [1.54, 1.807) is 30.3 Å². The number of carbonyl (C=O) groups is 1. The summed E-state index contributed by atoms with van der Waals surface area (Å²) in [6, 6.07) is 10.9. The van der Waals surface area contributed by atoms with Gasteiger partial charge in [0.2, 0.25) is 0 Å². The average molecular weight is 416 g/mol. The first-order valence-corrected chi connectivity index (χ1v) is 9.01. The van der Waals surface area contributed by atoms with Crippen molar-refractivity contribution in [1.29, 1.82) is 0 Å². The molecule has 0 saturated heterocycles. The molecule has 0 aromatic heterocycles. The normalized spacial score (nSPS) is 13.8. The van der Waals surface area contributed by atoms with Gasteiger partial charge in [0.25, 0.3) is 0 Å². The van der Waals surface area contributed by atoms with Gasteiger partial charge in [-0.1, -0.05) is 30.7 Å². The molecule has 0 aliphatic rings. The van der Waals surface area contributed by atoms with Crippen LogP contribution >= 0.6 is 11.6 Å². The molecule has 0 spiro atoms. The fourth-order valence-corrected chi connectivity index (χ4v) is 3.13. The second-order valence-electron chi connectivity index (χ2n) is 6.34. The fraction of sp³-hybridized carbons (Fsp3) is 0.350. The molecule has 0 fully saturated rings. The summed E-state index contributed by atoms with van der Waals surface area (Å²) in [6.07, 6.45) is -6.28. The van der Waals surface area contributed by atoms with E-state index in [9.17, 15) is 18.0 Å². The Bertz CT molecular complexity index is 809. The number of rotatable bonds is 8. The van der Waals surface area contributed by atoms with Crippen molar-refractivity contribution < 1.29 is 27.8 Å². The highest BCUT2D eigenvalue weighted by molar-refractivity contribution is 6.30. The van der Waals surface area contributed by atoms with Crippen LogP contribution in [0.1, 0.15) is 42.9 Å². The topological polar surface area (TPSA) is 58.6 Å². The van der Waals surface area contributed by atoms with Gasteiger partial charge in [0, 0.05) is 29.1 Å². The average Bonchev–Trinajstić information content (AvgIpc) is 2.62. The molecule has 0 aliphatic heterocycles. The van der Waals surface area contributed by atoms with Gasteiger partial charge in [-0.25, -0.2) is 0 Å². The van der Waals surface area contributed by atoms with E-state index in [2.05, 4.69) is 5.32 Å². The Morgan fingerprint density at radius 2 is 1.86 bits per heavy atom. The molecule has 2 rings (SSSR count). The highest BCUT2D eigenvalue weighted by Gasteiger charge is 2.42. The Labute approximate surface area is 166 Å². The van der Waals surface area contributed by atoms with Crippen molar-refractivity contribution >= 4 is 28.9 Å². The van der Waals surface area contributed by atoms with Gasteiger partial charge in [0.1, 0.15) is 0 Å². The Kier molecular flexibility index (Phi) is 7.32. The van der Waals surface area contributed by atoms with E-state index in [4.69, 9.17) is 21.4 Å². The van der Waals surface area contributed by atoms with E-state index >= 15 is 0 Å². The lowest BCUT2D eigenvalue weighted by Crippen LogP contribution is -2.23. The van der Waals surface area contributed by atoms with Crippen LogP contribution in [-0.2, 0) is 9.53 Å². The van der Waals surface area contributed by atoms with Crippen LogP contribution in [-0.4, -0.2) is 24.4 Å². The van der Waals surface area contributed by atoms with E-state index in [0.29, 0.717) is 22.7 Å². The SMILES string of the molecule is CCC(CC(=O)O)c1ccc([C@H](OC)C(F)(F)F)c(Nc2ccc(Cl)cc2)c1. The van der Waals surface area contributed by atoms with Crippen LogP contribution in [0.4, 0.5) is 24.5 Å². The number of benzene rings is 2. The summed E-state index contributed by atoms with van der Waals surface area (Å²) >= 11 is 5.86. The van der Waals surface area contributed by atoms with Crippen molar-refractivity contribution in [3.05, 3.63) is 58.6 Å². The summed E-state index contributed by atoms with van der Waals surface area (Å²) in [5, 5.41) is 12.6. The Morgan fingerprint density at radius 1 is 1.21 bits per heavy atom. The Morgan fingerprint density at radius 3 is 2.36 bits per heavy atom. The fourth-order valence-electron chi connectivity index (χ4n) is 3.00. The van der Waals surface area contributed by atoms with Gasteiger partial charge >= 0.3 is 12.1 Å². The van der Waals surface area contributed by atoms with Crippen LogP contribution in [0.15, 0.2) is 42.5 Å². The third kappa shape index (κ3) is 5.62. The second-order valence-corrected chi connectivity index (χ2v) is 6.78. The molecule has 0 saturated carbocycles. The molecule has 0 amide bonds. The smallest absolute Gasteiger partial charge is 0.418 e. The molecule has 0 bridgehead atoms. The summed E-state index contributed by atoms with van der Waals surface area (Å²) < 4.78 is 45.0. The molecule has 28 heavy (non-hydrogen) atoms. The number of carboxylic acid groups (broad SMARTS) is 1. The van der Waals surface area contributed by atoms with Crippen molar-refractivity contribution in [3.8, 4) is 0 Å². The molecule has 152 valence electrons. The van der Waals surface area contributed by atoms with E-state index in [1.807, 2.05) is 6.92 Å². The zero-order valence-corrected chi connectivity index (χ0v) is 16.1. The minimum Gasteiger partial charge on any atom is -0.481 e. The third-order valence-corrected chi connectivity index (χ3v) is 4.65.